The average Bonchev–Trinajstić information content (AvgIpc) is 2.71. The van der Waals surface area contributed by atoms with Crippen molar-refractivity contribution < 1.29 is 4.79 Å². The van der Waals surface area contributed by atoms with E-state index in [0.29, 0.717) is 12.2 Å². The Hall–Kier alpha value is -1.14. The molecule has 2 N–H and O–H groups in total. The summed E-state index contributed by atoms with van der Waals surface area (Å²) in [6.07, 6.45) is 1.38. The lowest BCUT2D eigenvalue weighted by Gasteiger charge is -2.02. The lowest BCUT2D eigenvalue weighted by atomic mass is 10.3. The number of thioether (sulfide) groups is 1. The summed E-state index contributed by atoms with van der Waals surface area (Å²) >= 11 is 3.28. The summed E-state index contributed by atoms with van der Waals surface area (Å²) in [6.45, 7) is 4.02. The van der Waals surface area contributed by atoms with Crippen LogP contribution in [0.4, 0.5) is 0 Å². The van der Waals surface area contributed by atoms with Crippen LogP contribution in [0.2, 0.25) is 0 Å². The number of aryl methyl sites for hydroxylation is 2. The second kappa shape index (κ2) is 5.67. The third-order valence-electron chi connectivity index (χ3n) is 2.46. The first-order valence-electron chi connectivity index (χ1n) is 5.78. The fourth-order valence-corrected chi connectivity index (χ4v) is 3.66. The topological polar surface area (TPSA) is 68.9 Å². The maximum Gasteiger partial charge on any atom is 0.218 e. The molecule has 0 aliphatic carbocycles. The van der Waals surface area contributed by atoms with Gasteiger partial charge in [-0.3, -0.25) is 4.79 Å². The molecule has 0 saturated carbocycles. The predicted molar refractivity (Wildman–Crippen MR) is 76.1 cm³/mol. The number of fused-ring (bicyclic) bond motifs is 1. The van der Waals surface area contributed by atoms with Gasteiger partial charge in [-0.15, -0.1) is 23.1 Å². The zero-order valence-electron chi connectivity index (χ0n) is 10.4. The van der Waals surface area contributed by atoms with Crippen molar-refractivity contribution in [1.82, 2.24) is 9.97 Å². The van der Waals surface area contributed by atoms with Crippen LogP contribution in [0, 0.1) is 6.92 Å². The first-order chi connectivity index (χ1) is 8.60. The molecular weight excluding hydrogens is 266 g/mol. The number of hydrogen-bond donors (Lipinski definition) is 1. The fraction of sp³-hybridized carbons (Fsp3) is 0.417. The highest BCUT2D eigenvalue weighted by Crippen LogP contribution is 2.31. The number of primary amides is 1. The Morgan fingerprint density at radius 3 is 2.94 bits per heavy atom. The molecule has 2 aromatic heterocycles. The number of amides is 1. The number of nitrogens with zero attached hydrogens (tertiary/aromatic N) is 2. The number of hydrogen-bond acceptors (Lipinski definition) is 5. The molecule has 0 bridgehead atoms. The highest BCUT2D eigenvalue weighted by Gasteiger charge is 2.10. The standard InChI is InChI=1S/C12H15N3OS2/c1-3-8-6-9-11(17-5-4-10(13)16)14-7(2)15-12(9)18-8/h6H,3-5H2,1-2H3,(H2,13,16). The van der Waals surface area contributed by atoms with Crippen molar-refractivity contribution in [3.05, 3.63) is 16.8 Å². The van der Waals surface area contributed by atoms with Gasteiger partial charge in [0.15, 0.2) is 0 Å². The first kappa shape index (κ1) is 13.3. The van der Waals surface area contributed by atoms with E-state index in [9.17, 15) is 4.79 Å². The van der Waals surface area contributed by atoms with E-state index in [4.69, 9.17) is 5.73 Å². The number of carbonyl (C=O) groups is 1. The predicted octanol–water partition coefficient (Wildman–Crippen LogP) is 2.53. The van der Waals surface area contributed by atoms with Gasteiger partial charge in [0.2, 0.25) is 5.91 Å². The Kier molecular flexibility index (Phi) is 4.19. The van der Waals surface area contributed by atoms with E-state index in [0.717, 1.165) is 27.5 Å². The van der Waals surface area contributed by atoms with Crippen molar-refractivity contribution in [2.45, 2.75) is 31.7 Å². The van der Waals surface area contributed by atoms with Crippen LogP contribution in [-0.2, 0) is 11.2 Å². The second-order valence-electron chi connectivity index (χ2n) is 3.93. The van der Waals surface area contributed by atoms with Gasteiger partial charge in [-0.1, -0.05) is 6.92 Å². The number of thiophene rings is 1. The molecule has 0 radical (unpaired) electrons. The molecule has 1 amide bonds. The van der Waals surface area contributed by atoms with Crippen LogP contribution in [0.5, 0.6) is 0 Å². The molecule has 0 aliphatic heterocycles. The monoisotopic (exact) mass is 281 g/mol. The molecule has 0 aromatic carbocycles. The highest BCUT2D eigenvalue weighted by molar-refractivity contribution is 7.99. The van der Waals surface area contributed by atoms with Gasteiger partial charge in [0.25, 0.3) is 0 Å². The van der Waals surface area contributed by atoms with E-state index in [2.05, 4.69) is 23.0 Å². The summed E-state index contributed by atoms with van der Waals surface area (Å²) < 4.78 is 0. The molecule has 0 atom stereocenters. The molecule has 2 heterocycles. The summed E-state index contributed by atoms with van der Waals surface area (Å²) in [7, 11) is 0. The molecule has 6 heteroatoms. The fourth-order valence-electron chi connectivity index (χ4n) is 1.58. The number of aromatic nitrogens is 2. The van der Waals surface area contributed by atoms with Gasteiger partial charge in [-0.25, -0.2) is 9.97 Å². The van der Waals surface area contributed by atoms with Crippen molar-refractivity contribution in [1.29, 1.82) is 0 Å². The van der Waals surface area contributed by atoms with Crippen molar-refractivity contribution in [2.75, 3.05) is 5.75 Å². The minimum atomic E-state index is -0.274. The Labute approximate surface area is 114 Å². The number of nitrogens with two attached hydrogens (primary N) is 1. The minimum absolute atomic E-state index is 0.274. The van der Waals surface area contributed by atoms with Gasteiger partial charge >= 0.3 is 0 Å². The largest absolute Gasteiger partial charge is 0.370 e. The molecule has 0 aliphatic rings. The summed E-state index contributed by atoms with van der Waals surface area (Å²) in [6, 6.07) is 2.14. The summed E-state index contributed by atoms with van der Waals surface area (Å²) in [5.74, 6) is 1.16. The van der Waals surface area contributed by atoms with E-state index in [1.807, 2.05) is 6.92 Å². The normalized spacial score (nSPS) is 11.0. The highest BCUT2D eigenvalue weighted by atomic mass is 32.2. The van der Waals surface area contributed by atoms with Crippen molar-refractivity contribution in [3.63, 3.8) is 0 Å². The molecule has 0 fully saturated rings. The molecule has 2 rings (SSSR count). The van der Waals surface area contributed by atoms with E-state index < -0.39 is 0 Å². The van der Waals surface area contributed by atoms with Gasteiger partial charge in [0.05, 0.1) is 0 Å². The average molecular weight is 281 g/mol. The Bertz CT molecular complexity index is 580. The maximum absolute atomic E-state index is 10.7. The third-order valence-corrected chi connectivity index (χ3v) is 4.62. The van der Waals surface area contributed by atoms with Gasteiger partial charge in [-0.05, 0) is 19.4 Å². The summed E-state index contributed by atoms with van der Waals surface area (Å²) in [5.41, 5.74) is 5.14. The van der Waals surface area contributed by atoms with Crippen LogP contribution in [0.1, 0.15) is 24.0 Å². The molecule has 0 spiro atoms. The van der Waals surface area contributed by atoms with Crippen LogP contribution in [-0.4, -0.2) is 21.6 Å². The van der Waals surface area contributed by atoms with E-state index in [-0.39, 0.29) is 5.91 Å². The van der Waals surface area contributed by atoms with Crippen molar-refractivity contribution in [3.8, 4) is 0 Å². The SMILES string of the molecule is CCc1cc2c(SCCC(N)=O)nc(C)nc2s1. The van der Waals surface area contributed by atoms with Crippen LogP contribution in [0.15, 0.2) is 11.1 Å². The maximum atomic E-state index is 10.7. The van der Waals surface area contributed by atoms with E-state index in [1.54, 1.807) is 23.1 Å². The Morgan fingerprint density at radius 1 is 1.50 bits per heavy atom. The Balaban J connectivity index is 2.29. The van der Waals surface area contributed by atoms with E-state index >= 15 is 0 Å². The van der Waals surface area contributed by atoms with Crippen LogP contribution in [0.25, 0.3) is 10.2 Å². The zero-order valence-corrected chi connectivity index (χ0v) is 12.0. The molecule has 0 unspecified atom stereocenters. The van der Waals surface area contributed by atoms with Crippen LogP contribution < -0.4 is 5.73 Å². The lowest BCUT2D eigenvalue weighted by Crippen LogP contribution is -2.10. The first-order valence-corrected chi connectivity index (χ1v) is 7.58. The summed E-state index contributed by atoms with van der Waals surface area (Å²) in [5, 5.41) is 2.05. The molecule has 18 heavy (non-hydrogen) atoms. The second-order valence-corrected chi connectivity index (χ2v) is 6.12. The van der Waals surface area contributed by atoms with Crippen molar-refractivity contribution >= 4 is 39.2 Å². The van der Waals surface area contributed by atoms with Crippen molar-refractivity contribution in [2.24, 2.45) is 5.73 Å². The smallest absolute Gasteiger partial charge is 0.218 e. The lowest BCUT2D eigenvalue weighted by molar-refractivity contribution is -0.117. The number of rotatable bonds is 5. The van der Waals surface area contributed by atoms with Crippen LogP contribution >= 0.6 is 23.1 Å². The van der Waals surface area contributed by atoms with Gasteiger partial charge in [-0.2, -0.15) is 0 Å². The van der Waals surface area contributed by atoms with Gasteiger partial charge in [0.1, 0.15) is 15.7 Å². The molecule has 2 aromatic rings. The van der Waals surface area contributed by atoms with Crippen LogP contribution in [0.3, 0.4) is 0 Å². The third kappa shape index (κ3) is 3.00. The van der Waals surface area contributed by atoms with Gasteiger partial charge in [0, 0.05) is 22.4 Å². The molecule has 4 nitrogen and oxygen atoms in total. The number of carbonyl (C=O) groups excluding carboxylic acids is 1. The minimum Gasteiger partial charge on any atom is -0.370 e. The van der Waals surface area contributed by atoms with Gasteiger partial charge < -0.3 is 5.73 Å². The van der Waals surface area contributed by atoms with E-state index in [1.165, 1.54) is 4.88 Å². The molecule has 96 valence electrons. The Morgan fingerprint density at radius 2 is 2.28 bits per heavy atom. The molecular formula is C12H15N3OS2. The quantitative estimate of drug-likeness (QED) is 0.675. The zero-order chi connectivity index (χ0) is 13.1. The summed E-state index contributed by atoms with van der Waals surface area (Å²) in [4.78, 5) is 22.0. The molecule has 0 saturated heterocycles.